The number of aliphatic hydroxyl groups is 1. The molecular weight excluding hydrogens is 268 g/mol. The molecule has 0 spiro atoms. The van der Waals surface area contributed by atoms with Crippen LogP contribution in [-0.4, -0.2) is 46.1 Å². The zero-order valence-electron chi connectivity index (χ0n) is 11.4. The molecule has 0 aliphatic carbocycles. The fraction of sp³-hybridized carbons (Fsp3) is 0.583. The molecule has 1 aliphatic heterocycles. The SMILES string of the molecule is CN1CC(O)N(c2cc(C(C)(C)C)c(Cl)nn2)C1=O. The first-order valence-corrected chi connectivity index (χ1v) is 6.35. The lowest BCUT2D eigenvalue weighted by Gasteiger charge is -2.23. The number of urea groups is 1. The van der Waals surface area contributed by atoms with E-state index >= 15 is 0 Å². The van der Waals surface area contributed by atoms with Crippen molar-refractivity contribution in [3.05, 3.63) is 16.8 Å². The Bertz CT molecular complexity index is 515. The first kappa shape index (κ1) is 14.0. The number of aliphatic hydroxyl groups excluding tert-OH is 1. The molecule has 0 radical (unpaired) electrons. The van der Waals surface area contributed by atoms with Gasteiger partial charge in [-0.2, -0.15) is 0 Å². The van der Waals surface area contributed by atoms with Gasteiger partial charge in [0.2, 0.25) is 0 Å². The highest BCUT2D eigenvalue weighted by atomic mass is 35.5. The van der Waals surface area contributed by atoms with E-state index in [1.54, 1.807) is 13.1 Å². The Hall–Kier alpha value is -1.40. The van der Waals surface area contributed by atoms with Gasteiger partial charge >= 0.3 is 6.03 Å². The van der Waals surface area contributed by atoms with Crippen LogP contribution in [-0.2, 0) is 5.41 Å². The molecule has 104 valence electrons. The van der Waals surface area contributed by atoms with Crippen molar-refractivity contribution in [1.82, 2.24) is 15.1 Å². The summed E-state index contributed by atoms with van der Waals surface area (Å²) in [5.41, 5.74) is 0.565. The van der Waals surface area contributed by atoms with Crippen molar-refractivity contribution < 1.29 is 9.90 Å². The molecule has 2 amide bonds. The van der Waals surface area contributed by atoms with E-state index in [0.29, 0.717) is 11.0 Å². The summed E-state index contributed by atoms with van der Waals surface area (Å²) in [5, 5.41) is 18.0. The number of anilines is 1. The molecule has 1 saturated heterocycles. The van der Waals surface area contributed by atoms with Crippen molar-refractivity contribution in [1.29, 1.82) is 0 Å². The smallest absolute Gasteiger partial charge is 0.327 e. The van der Waals surface area contributed by atoms with Crippen molar-refractivity contribution >= 4 is 23.4 Å². The maximum absolute atomic E-state index is 12.0. The fourth-order valence-electron chi connectivity index (χ4n) is 1.98. The molecule has 1 N–H and O–H groups in total. The Labute approximate surface area is 117 Å². The summed E-state index contributed by atoms with van der Waals surface area (Å²) in [5.74, 6) is 0.316. The number of carbonyl (C=O) groups is 1. The molecule has 2 rings (SSSR count). The summed E-state index contributed by atoms with van der Waals surface area (Å²) >= 11 is 6.04. The van der Waals surface area contributed by atoms with Gasteiger partial charge in [0.1, 0.15) is 0 Å². The largest absolute Gasteiger partial charge is 0.371 e. The Kier molecular flexibility index (Phi) is 3.40. The van der Waals surface area contributed by atoms with E-state index in [1.807, 2.05) is 20.8 Å². The van der Waals surface area contributed by atoms with Crippen molar-refractivity contribution in [2.75, 3.05) is 18.5 Å². The van der Waals surface area contributed by atoms with Crippen LogP contribution in [0.3, 0.4) is 0 Å². The fourth-order valence-corrected chi connectivity index (χ4v) is 2.35. The average molecular weight is 285 g/mol. The Balaban J connectivity index is 2.45. The Morgan fingerprint density at radius 2 is 2.05 bits per heavy atom. The Morgan fingerprint density at radius 3 is 2.53 bits per heavy atom. The molecule has 0 bridgehead atoms. The van der Waals surface area contributed by atoms with Crippen molar-refractivity contribution in [2.24, 2.45) is 0 Å². The second-order valence-corrected chi connectivity index (χ2v) is 6.03. The van der Waals surface area contributed by atoms with Gasteiger partial charge in [-0.1, -0.05) is 32.4 Å². The van der Waals surface area contributed by atoms with Crippen LogP contribution in [0, 0.1) is 0 Å². The second kappa shape index (κ2) is 4.61. The summed E-state index contributed by atoms with van der Waals surface area (Å²) in [7, 11) is 1.62. The number of nitrogens with zero attached hydrogens (tertiary/aromatic N) is 4. The van der Waals surface area contributed by atoms with Crippen molar-refractivity contribution in [3.8, 4) is 0 Å². The minimum atomic E-state index is -0.916. The van der Waals surface area contributed by atoms with E-state index in [9.17, 15) is 9.90 Å². The molecule has 6 nitrogen and oxygen atoms in total. The van der Waals surface area contributed by atoms with E-state index in [2.05, 4.69) is 10.2 Å². The third kappa shape index (κ3) is 2.50. The summed E-state index contributed by atoms with van der Waals surface area (Å²) in [6.07, 6.45) is -0.916. The minimum Gasteiger partial charge on any atom is -0.371 e. The summed E-state index contributed by atoms with van der Waals surface area (Å²) in [6, 6.07) is 1.40. The van der Waals surface area contributed by atoms with Gasteiger partial charge in [-0.05, 0) is 11.5 Å². The quantitative estimate of drug-likeness (QED) is 0.851. The van der Waals surface area contributed by atoms with E-state index in [-0.39, 0.29) is 18.0 Å². The standard InChI is InChI=1S/C12H17ClN4O2/c1-12(2,3)7-5-8(14-15-10(7)13)17-9(18)6-16(4)11(17)19/h5,9,18H,6H2,1-4H3. The molecule has 1 aromatic rings. The number of hydrogen-bond acceptors (Lipinski definition) is 4. The molecule has 1 aliphatic rings. The van der Waals surface area contributed by atoms with Gasteiger partial charge in [-0.15, -0.1) is 10.2 Å². The highest BCUT2D eigenvalue weighted by molar-refractivity contribution is 6.30. The highest BCUT2D eigenvalue weighted by Crippen LogP contribution is 2.31. The van der Waals surface area contributed by atoms with Gasteiger partial charge in [0.25, 0.3) is 0 Å². The van der Waals surface area contributed by atoms with Crippen LogP contribution < -0.4 is 4.90 Å². The number of β-amino-alcohol motifs (C(OH)–C–C–N with tert-alkyl or cyclic N) is 1. The minimum absolute atomic E-state index is 0.221. The molecule has 0 aromatic carbocycles. The van der Waals surface area contributed by atoms with E-state index in [0.717, 1.165) is 5.56 Å². The number of aromatic nitrogens is 2. The first-order valence-electron chi connectivity index (χ1n) is 5.98. The molecule has 1 atom stereocenters. The number of likely N-dealkylation sites (N-methyl/N-ethyl adjacent to an activating group) is 1. The van der Waals surface area contributed by atoms with Gasteiger partial charge in [0.05, 0.1) is 6.54 Å². The van der Waals surface area contributed by atoms with Gasteiger partial charge in [-0.25, -0.2) is 9.69 Å². The monoisotopic (exact) mass is 284 g/mol. The van der Waals surface area contributed by atoms with Crippen LogP contribution in [0.25, 0.3) is 0 Å². The molecule has 7 heteroatoms. The maximum Gasteiger partial charge on any atom is 0.327 e. The predicted octanol–water partition coefficient (Wildman–Crippen LogP) is 1.62. The number of carbonyl (C=O) groups excluding carboxylic acids is 1. The van der Waals surface area contributed by atoms with Crippen LogP contribution >= 0.6 is 11.6 Å². The van der Waals surface area contributed by atoms with Crippen LogP contribution in [0.2, 0.25) is 5.15 Å². The third-order valence-corrected chi connectivity index (χ3v) is 3.34. The molecule has 1 fully saturated rings. The van der Waals surface area contributed by atoms with Gasteiger partial charge in [-0.3, -0.25) is 0 Å². The van der Waals surface area contributed by atoms with Crippen LogP contribution in [0.1, 0.15) is 26.3 Å². The zero-order chi connectivity index (χ0) is 14.4. The van der Waals surface area contributed by atoms with E-state index < -0.39 is 6.23 Å². The van der Waals surface area contributed by atoms with Gasteiger partial charge < -0.3 is 10.0 Å². The molecule has 1 unspecified atom stereocenters. The number of rotatable bonds is 1. The number of hydrogen-bond donors (Lipinski definition) is 1. The van der Waals surface area contributed by atoms with Gasteiger partial charge in [0, 0.05) is 12.6 Å². The topological polar surface area (TPSA) is 69.6 Å². The average Bonchev–Trinajstić information content (AvgIpc) is 2.53. The Morgan fingerprint density at radius 1 is 1.42 bits per heavy atom. The lowest BCUT2D eigenvalue weighted by Crippen LogP contribution is -2.35. The number of amides is 2. The third-order valence-electron chi connectivity index (χ3n) is 3.06. The van der Waals surface area contributed by atoms with Crippen molar-refractivity contribution in [3.63, 3.8) is 0 Å². The van der Waals surface area contributed by atoms with Gasteiger partial charge in [0.15, 0.2) is 17.2 Å². The van der Waals surface area contributed by atoms with E-state index in [4.69, 9.17) is 11.6 Å². The zero-order valence-corrected chi connectivity index (χ0v) is 12.1. The lowest BCUT2D eigenvalue weighted by molar-refractivity contribution is 0.183. The summed E-state index contributed by atoms with van der Waals surface area (Å²) < 4.78 is 0. The van der Waals surface area contributed by atoms with Crippen molar-refractivity contribution in [2.45, 2.75) is 32.4 Å². The number of halogens is 1. The second-order valence-electron chi connectivity index (χ2n) is 5.67. The molecule has 19 heavy (non-hydrogen) atoms. The molecule has 0 saturated carbocycles. The summed E-state index contributed by atoms with van der Waals surface area (Å²) in [6.45, 7) is 6.23. The van der Waals surface area contributed by atoms with Crippen LogP contribution in [0.5, 0.6) is 0 Å². The van der Waals surface area contributed by atoms with Crippen LogP contribution in [0.15, 0.2) is 6.07 Å². The molecular formula is C12H17ClN4O2. The normalized spacial score (nSPS) is 20.3. The molecule has 1 aromatic heterocycles. The maximum atomic E-state index is 12.0. The molecule has 2 heterocycles. The lowest BCUT2D eigenvalue weighted by atomic mass is 9.88. The highest BCUT2D eigenvalue weighted by Gasteiger charge is 2.36. The van der Waals surface area contributed by atoms with E-state index in [1.165, 1.54) is 9.80 Å². The summed E-state index contributed by atoms with van der Waals surface area (Å²) in [4.78, 5) is 14.6. The predicted molar refractivity (Wildman–Crippen MR) is 72.3 cm³/mol. The first-order chi connectivity index (χ1) is 8.71. The van der Waals surface area contributed by atoms with Crippen LogP contribution in [0.4, 0.5) is 10.6 Å².